The number of methoxy groups -OCH3 is 1. The standard InChI is InChI=1S/C17H21BrN2O/c1-12(19)17-15(9-6-10-16(17)21-3)20(2)11-13-7-4-5-8-14(13)18/h4-10,12H,11,19H2,1-3H3/t12-/m0/s1. The quantitative estimate of drug-likeness (QED) is 0.883. The minimum Gasteiger partial charge on any atom is -0.496 e. The fraction of sp³-hybridized carbons (Fsp3) is 0.294. The topological polar surface area (TPSA) is 38.5 Å². The van der Waals surface area contributed by atoms with Crippen LogP contribution in [0.15, 0.2) is 46.9 Å². The summed E-state index contributed by atoms with van der Waals surface area (Å²) in [5, 5.41) is 0. The zero-order chi connectivity index (χ0) is 15.4. The zero-order valence-corrected chi connectivity index (χ0v) is 14.2. The van der Waals surface area contributed by atoms with Crippen molar-refractivity contribution in [2.45, 2.75) is 19.5 Å². The van der Waals surface area contributed by atoms with E-state index in [0.29, 0.717) is 0 Å². The summed E-state index contributed by atoms with van der Waals surface area (Å²) in [7, 11) is 3.75. The Balaban J connectivity index is 2.35. The molecule has 2 rings (SSSR count). The van der Waals surface area contributed by atoms with E-state index in [-0.39, 0.29) is 6.04 Å². The van der Waals surface area contributed by atoms with Crippen molar-refractivity contribution in [3.8, 4) is 5.75 Å². The highest BCUT2D eigenvalue weighted by atomic mass is 79.9. The molecule has 0 aliphatic heterocycles. The lowest BCUT2D eigenvalue weighted by Gasteiger charge is -2.26. The van der Waals surface area contributed by atoms with Gasteiger partial charge in [-0.2, -0.15) is 0 Å². The molecule has 0 aromatic heterocycles. The van der Waals surface area contributed by atoms with Crippen molar-refractivity contribution in [1.82, 2.24) is 0 Å². The minimum absolute atomic E-state index is 0.0854. The van der Waals surface area contributed by atoms with Gasteiger partial charge in [-0.3, -0.25) is 0 Å². The molecule has 0 aliphatic rings. The highest BCUT2D eigenvalue weighted by molar-refractivity contribution is 9.10. The number of nitrogens with zero attached hydrogens (tertiary/aromatic N) is 1. The minimum atomic E-state index is -0.0854. The molecule has 0 unspecified atom stereocenters. The summed E-state index contributed by atoms with van der Waals surface area (Å²) in [6.07, 6.45) is 0. The fourth-order valence-corrected chi connectivity index (χ4v) is 2.88. The van der Waals surface area contributed by atoms with Crippen LogP contribution in [0.2, 0.25) is 0 Å². The maximum atomic E-state index is 6.14. The SMILES string of the molecule is COc1cccc(N(C)Cc2ccccc2Br)c1[C@H](C)N. The van der Waals surface area contributed by atoms with Gasteiger partial charge in [0.2, 0.25) is 0 Å². The molecule has 112 valence electrons. The van der Waals surface area contributed by atoms with Crippen LogP contribution in [-0.4, -0.2) is 14.2 Å². The summed E-state index contributed by atoms with van der Waals surface area (Å²) in [5.74, 6) is 0.835. The Bertz CT molecular complexity index is 613. The number of rotatable bonds is 5. The van der Waals surface area contributed by atoms with Crippen molar-refractivity contribution in [1.29, 1.82) is 0 Å². The average molecular weight is 349 g/mol. The van der Waals surface area contributed by atoms with Crippen LogP contribution in [0.3, 0.4) is 0 Å². The number of nitrogens with two attached hydrogens (primary N) is 1. The summed E-state index contributed by atoms with van der Waals surface area (Å²) in [6.45, 7) is 2.78. The maximum Gasteiger partial charge on any atom is 0.125 e. The lowest BCUT2D eigenvalue weighted by molar-refractivity contribution is 0.407. The number of hydrogen-bond acceptors (Lipinski definition) is 3. The molecule has 1 atom stereocenters. The van der Waals surface area contributed by atoms with Gasteiger partial charge in [0.05, 0.1) is 7.11 Å². The molecular weight excluding hydrogens is 328 g/mol. The number of halogens is 1. The van der Waals surface area contributed by atoms with Crippen molar-refractivity contribution in [2.75, 3.05) is 19.1 Å². The van der Waals surface area contributed by atoms with Gasteiger partial charge < -0.3 is 15.4 Å². The van der Waals surface area contributed by atoms with Gasteiger partial charge in [-0.25, -0.2) is 0 Å². The summed E-state index contributed by atoms with van der Waals surface area (Å²) in [4.78, 5) is 2.20. The molecule has 0 amide bonds. The summed E-state index contributed by atoms with van der Waals surface area (Å²) >= 11 is 3.60. The van der Waals surface area contributed by atoms with Gasteiger partial charge in [0, 0.05) is 35.4 Å². The molecule has 21 heavy (non-hydrogen) atoms. The van der Waals surface area contributed by atoms with E-state index < -0.39 is 0 Å². The molecule has 0 heterocycles. The lowest BCUT2D eigenvalue weighted by Crippen LogP contribution is -2.21. The van der Waals surface area contributed by atoms with Gasteiger partial charge in [-0.1, -0.05) is 40.2 Å². The van der Waals surface area contributed by atoms with Crippen LogP contribution in [0.4, 0.5) is 5.69 Å². The first kappa shape index (κ1) is 15.9. The van der Waals surface area contributed by atoms with Crippen molar-refractivity contribution in [3.05, 3.63) is 58.1 Å². The predicted molar refractivity (Wildman–Crippen MR) is 91.8 cm³/mol. The number of hydrogen-bond donors (Lipinski definition) is 1. The van der Waals surface area contributed by atoms with Crippen molar-refractivity contribution in [3.63, 3.8) is 0 Å². The number of benzene rings is 2. The highest BCUT2D eigenvalue weighted by Crippen LogP contribution is 2.34. The van der Waals surface area contributed by atoms with Crippen LogP contribution in [-0.2, 0) is 6.54 Å². The predicted octanol–water partition coefficient (Wildman–Crippen LogP) is 4.11. The molecular formula is C17H21BrN2O. The first-order valence-corrected chi connectivity index (χ1v) is 7.71. The third-order valence-corrected chi connectivity index (χ3v) is 4.27. The van der Waals surface area contributed by atoms with Crippen LogP contribution in [0.5, 0.6) is 5.75 Å². The third-order valence-electron chi connectivity index (χ3n) is 3.49. The van der Waals surface area contributed by atoms with Crippen molar-refractivity contribution >= 4 is 21.6 Å². The molecule has 0 aliphatic carbocycles. The molecule has 0 fully saturated rings. The van der Waals surface area contributed by atoms with E-state index in [1.54, 1.807) is 7.11 Å². The van der Waals surface area contributed by atoms with Gasteiger partial charge in [-0.05, 0) is 30.7 Å². The van der Waals surface area contributed by atoms with Gasteiger partial charge in [0.15, 0.2) is 0 Å². The summed E-state index contributed by atoms with van der Waals surface area (Å²) in [5.41, 5.74) is 9.50. The Morgan fingerprint density at radius 1 is 1.19 bits per heavy atom. The molecule has 3 nitrogen and oxygen atoms in total. The molecule has 2 aromatic rings. The lowest BCUT2D eigenvalue weighted by atomic mass is 10.0. The first-order chi connectivity index (χ1) is 10.0. The van der Waals surface area contributed by atoms with Crippen LogP contribution in [0.25, 0.3) is 0 Å². The molecule has 2 aromatic carbocycles. The van der Waals surface area contributed by atoms with E-state index in [1.165, 1.54) is 5.56 Å². The molecule has 2 N–H and O–H groups in total. The molecule has 0 radical (unpaired) electrons. The van der Waals surface area contributed by atoms with Crippen molar-refractivity contribution < 1.29 is 4.74 Å². The van der Waals surface area contributed by atoms with E-state index >= 15 is 0 Å². The molecule has 0 spiro atoms. The van der Waals surface area contributed by atoms with Gasteiger partial charge in [0.25, 0.3) is 0 Å². The van der Waals surface area contributed by atoms with Crippen LogP contribution in [0, 0.1) is 0 Å². The largest absolute Gasteiger partial charge is 0.496 e. The zero-order valence-electron chi connectivity index (χ0n) is 12.6. The van der Waals surface area contributed by atoms with E-state index in [1.807, 2.05) is 31.2 Å². The Morgan fingerprint density at radius 3 is 2.52 bits per heavy atom. The van der Waals surface area contributed by atoms with Crippen LogP contribution in [0.1, 0.15) is 24.1 Å². The first-order valence-electron chi connectivity index (χ1n) is 6.91. The second-order valence-corrected chi connectivity index (χ2v) is 5.98. The normalized spacial score (nSPS) is 12.0. The van der Waals surface area contributed by atoms with E-state index in [4.69, 9.17) is 10.5 Å². The Morgan fingerprint density at radius 2 is 1.90 bits per heavy atom. The van der Waals surface area contributed by atoms with Gasteiger partial charge in [-0.15, -0.1) is 0 Å². The highest BCUT2D eigenvalue weighted by Gasteiger charge is 2.16. The number of anilines is 1. The van der Waals surface area contributed by atoms with Crippen molar-refractivity contribution in [2.24, 2.45) is 5.73 Å². The maximum absolute atomic E-state index is 6.14. The van der Waals surface area contributed by atoms with Gasteiger partial charge in [0.1, 0.15) is 5.75 Å². The van der Waals surface area contributed by atoms with Gasteiger partial charge >= 0.3 is 0 Å². The molecule has 0 bridgehead atoms. The summed E-state index contributed by atoms with van der Waals surface area (Å²) in [6, 6.07) is 14.2. The Kier molecular flexibility index (Phi) is 5.26. The fourth-order valence-electron chi connectivity index (χ4n) is 2.47. The smallest absolute Gasteiger partial charge is 0.125 e. The van der Waals surface area contributed by atoms with Crippen LogP contribution >= 0.6 is 15.9 Å². The van der Waals surface area contributed by atoms with E-state index in [0.717, 1.165) is 28.0 Å². The van der Waals surface area contributed by atoms with Crippen LogP contribution < -0.4 is 15.4 Å². The monoisotopic (exact) mass is 348 g/mol. The van der Waals surface area contributed by atoms with E-state index in [2.05, 4.69) is 46.1 Å². The summed E-state index contributed by atoms with van der Waals surface area (Å²) < 4.78 is 6.57. The second kappa shape index (κ2) is 6.96. The molecule has 0 saturated carbocycles. The molecule has 0 saturated heterocycles. The molecule has 4 heteroatoms. The Hall–Kier alpha value is -1.52. The Labute approximate surface area is 134 Å². The van der Waals surface area contributed by atoms with E-state index in [9.17, 15) is 0 Å². The number of ether oxygens (including phenoxy) is 1. The second-order valence-electron chi connectivity index (χ2n) is 5.13. The average Bonchev–Trinajstić information content (AvgIpc) is 2.48. The third kappa shape index (κ3) is 3.57.